The van der Waals surface area contributed by atoms with E-state index in [1.165, 1.54) is 0 Å². The lowest BCUT2D eigenvalue weighted by atomic mass is 9.95. The van der Waals surface area contributed by atoms with Gasteiger partial charge in [0.05, 0.1) is 0 Å². The fourth-order valence-electron chi connectivity index (χ4n) is 2.12. The highest BCUT2D eigenvalue weighted by atomic mass is 15.2. The summed E-state index contributed by atoms with van der Waals surface area (Å²) in [5, 5.41) is 0. The Labute approximate surface area is 102 Å². The van der Waals surface area contributed by atoms with Gasteiger partial charge in [0.1, 0.15) is 0 Å². The number of hydrogen-bond donors (Lipinski definition) is 1. The van der Waals surface area contributed by atoms with Crippen LogP contribution in [0.15, 0.2) is 0 Å². The summed E-state index contributed by atoms with van der Waals surface area (Å²) in [4.78, 5) is 4.79. The highest BCUT2D eigenvalue weighted by Gasteiger charge is 2.19. The first-order valence-electron chi connectivity index (χ1n) is 6.51. The quantitative estimate of drug-likeness (QED) is 0.684. The first-order chi connectivity index (χ1) is 7.42. The second-order valence-corrected chi connectivity index (χ2v) is 5.44. The lowest BCUT2D eigenvalue weighted by Crippen LogP contribution is -2.44. The fraction of sp³-hybridized carbons (Fsp3) is 1.00. The van der Waals surface area contributed by atoms with E-state index in [2.05, 4.69) is 51.6 Å². The van der Waals surface area contributed by atoms with Gasteiger partial charge < -0.3 is 10.6 Å². The Bertz CT molecular complexity index is 169. The molecule has 98 valence electrons. The van der Waals surface area contributed by atoms with Gasteiger partial charge >= 0.3 is 0 Å². The largest absolute Gasteiger partial charge is 0.330 e. The van der Waals surface area contributed by atoms with Gasteiger partial charge in [-0.2, -0.15) is 0 Å². The summed E-state index contributed by atoms with van der Waals surface area (Å²) in [7, 11) is 4.26. The summed E-state index contributed by atoms with van der Waals surface area (Å²) in [5.41, 5.74) is 5.84. The van der Waals surface area contributed by atoms with E-state index in [1.54, 1.807) is 0 Å². The van der Waals surface area contributed by atoms with Gasteiger partial charge in [0.15, 0.2) is 0 Å². The number of hydrogen-bond acceptors (Lipinski definition) is 3. The van der Waals surface area contributed by atoms with Crippen LogP contribution in [0.25, 0.3) is 0 Å². The van der Waals surface area contributed by atoms with E-state index in [1.807, 2.05) is 0 Å². The molecule has 0 spiro atoms. The molecule has 2 N–H and O–H groups in total. The molecule has 3 nitrogen and oxygen atoms in total. The molecular weight excluding hydrogens is 198 g/mol. The SMILES string of the molecule is CCN(CC(CN)C(C)C)C(C)CN(C)C. The average Bonchev–Trinajstić information content (AvgIpc) is 2.17. The molecule has 0 aromatic carbocycles. The summed E-state index contributed by atoms with van der Waals surface area (Å²) < 4.78 is 0. The van der Waals surface area contributed by atoms with Crippen molar-refractivity contribution in [3.63, 3.8) is 0 Å². The molecule has 16 heavy (non-hydrogen) atoms. The predicted octanol–water partition coefficient (Wildman–Crippen LogP) is 1.49. The van der Waals surface area contributed by atoms with Crippen molar-refractivity contribution in [1.82, 2.24) is 9.80 Å². The molecule has 0 bridgehead atoms. The van der Waals surface area contributed by atoms with Crippen LogP contribution in [0.1, 0.15) is 27.7 Å². The van der Waals surface area contributed by atoms with Crippen molar-refractivity contribution in [2.24, 2.45) is 17.6 Å². The van der Waals surface area contributed by atoms with Crippen LogP contribution in [0.4, 0.5) is 0 Å². The van der Waals surface area contributed by atoms with Crippen LogP contribution in [0, 0.1) is 11.8 Å². The van der Waals surface area contributed by atoms with Gasteiger partial charge in [-0.25, -0.2) is 0 Å². The number of nitrogens with zero attached hydrogens (tertiary/aromatic N) is 2. The predicted molar refractivity (Wildman–Crippen MR) is 72.6 cm³/mol. The molecule has 2 atom stereocenters. The van der Waals surface area contributed by atoms with Crippen LogP contribution < -0.4 is 5.73 Å². The summed E-state index contributed by atoms with van der Waals surface area (Å²) in [6, 6.07) is 0.604. The summed E-state index contributed by atoms with van der Waals surface area (Å²) in [6.45, 7) is 13.2. The summed E-state index contributed by atoms with van der Waals surface area (Å²) in [6.07, 6.45) is 0. The van der Waals surface area contributed by atoms with Gasteiger partial charge in [-0.3, -0.25) is 4.90 Å². The van der Waals surface area contributed by atoms with Crippen LogP contribution in [0.3, 0.4) is 0 Å². The molecule has 3 heteroatoms. The molecule has 0 aromatic rings. The number of likely N-dealkylation sites (N-methyl/N-ethyl adjacent to an activating group) is 2. The van der Waals surface area contributed by atoms with Crippen LogP contribution in [-0.4, -0.2) is 56.1 Å². The standard InChI is InChI=1S/C13H31N3/c1-7-16(12(4)9-15(5)6)10-13(8-14)11(2)3/h11-13H,7-10,14H2,1-6H3. The molecule has 0 rings (SSSR count). The third-order valence-corrected chi connectivity index (χ3v) is 3.37. The van der Waals surface area contributed by atoms with E-state index < -0.39 is 0 Å². The van der Waals surface area contributed by atoms with Crippen LogP contribution >= 0.6 is 0 Å². The molecule has 0 heterocycles. The lowest BCUT2D eigenvalue weighted by molar-refractivity contribution is 0.143. The van der Waals surface area contributed by atoms with Gasteiger partial charge in [-0.05, 0) is 45.9 Å². The molecule has 2 unspecified atom stereocenters. The third-order valence-electron chi connectivity index (χ3n) is 3.37. The lowest BCUT2D eigenvalue weighted by Gasteiger charge is -2.34. The van der Waals surface area contributed by atoms with Crippen LogP contribution in [-0.2, 0) is 0 Å². The fourth-order valence-corrected chi connectivity index (χ4v) is 2.12. The van der Waals surface area contributed by atoms with E-state index in [0.717, 1.165) is 26.2 Å². The van der Waals surface area contributed by atoms with E-state index in [-0.39, 0.29) is 0 Å². The molecule has 0 aliphatic carbocycles. The minimum absolute atomic E-state index is 0.604. The molecule has 0 radical (unpaired) electrons. The zero-order chi connectivity index (χ0) is 12.7. The Kier molecular flexibility index (Phi) is 7.98. The van der Waals surface area contributed by atoms with Gasteiger partial charge in [0.25, 0.3) is 0 Å². The molecule has 0 saturated heterocycles. The first-order valence-corrected chi connectivity index (χ1v) is 6.51. The second kappa shape index (κ2) is 8.04. The maximum atomic E-state index is 5.84. The first kappa shape index (κ1) is 15.9. The molecule has 0 fully saturated rings. The molecule has 0 aromatic heterocycles. The smallest absolute Gasteiger partial charge is 0.0194 e. The average molecular weight is 229 g/mol. The van der Waals surface area contributed by atoms with E-state index in [4.69, 9.17) is 5.73 Å². The maximum absolute atomic E-state index is 5.84. The third kappa shape index (κ3) is 5.83. The number of nitrogens with two attached hydrogens (primary N) is 1. The van der Waals surface area contributed by atoms with Gasteiger partial charge in [0, 0.05) is 19.1 Å². The summed E-state index contributed by atoms with van der Waals surface area (Å²) in [5.74, 6) is 1.29. The van der Waals surface area contributed by atoms with Crippen molar-refractivity contribution >= 4 is 0 Å². The van der Waals surface area contributed by atoms with Crippen molar-refractivity contribution in [1.29, 1.82) is 0 Å². The van der Waals surface area contributed by atoms with Gasteiger partial charge in [0.2, 0.25) is 0 Å². The monoisotopic (exact) mass is 229 g/mol. The van der Waals surface area contributed by atoms with Crippen molar-refractivity contribution < 1.29 is 0 Å². The zero-order valence-electron chi connectivity index (χ0n) is 12.0. The molecule has 0 saturated carbocycles. The summed E-state index contributed by atoms with van der Waals surface area (Å²) >= 11 is 0. The highest BCUT2D eigenvalue weighted by Crippen LogP contribution is 2.13. The molecule has 0 aliphatic heterocycles. The van der Waals surface area contributed by atoms with Gasteiger partial charge in [-0.15, -0.1) is 0 Å². The maximum Gasteiger partial charge on any atom is 0.0194 e. The molecule has 0 aliphatic rings. The Hall–Kier alpha value is -0.120. The van der Waals surface area contributed by atoms with E-state index in [9.17, 15) is 0 Å². The Balaban J connectivity index is 4.26. The minimum Gasteiger partial charge on any atom is -0.330 e. The van der Waals surface area contributed by atoms with E-state index in [0.29, 0.717) is 17.9 Å². The zero-order valence-corrected chi connectivity index (χ0v) is 12.0. The Morgan fingerprint density at radius 3 is 1.94 bits per heavy atom. The normalized spacial score (nSPS) is 16.1. The van der Waals surface area contributed by atoms with Crippen molar-refractivity contribution in [3.05, 3.63) is 0 Å². The van der Waals surface area contributed by atoms with Crippen LogP contribution in [0.5, 0.6) is 0 Å². The van der Waals surface area contributed by atoms with E-state index >= 15 is 0 Å². The van der Waals surface area contributed by atoms with Gasteiger partial charge in [-0.1, -0.05) is 20.8 Å². The van der Waals surface area contributed by atoms with Crippen molar-refractivity contribution in [2.75, 3.05) is 40.3 Å². The number of rotatable bonds is 8. The Morgan fingerprint density at radius 1 is 1.06 bits per heavy atom. The molecule has 0 amide bonds. The van der Waals surface area contributed by atoms with Crippen molar-refractivity contribution in [2.45, 2.75) is 33.7 Å². The van der Waals surface area contributed by atoms with Crippen LogP contribution in [0.2, 0.25) is 0 Å². The second-order valence-electron chi connectivity index (χ2n) is 5.44. The Morgan fingerprint density at radius 2 is 1.62 bits per heavy atom. The molecular formula is C13H31N3. The topological polar surface area (TPSA) is 32.5 Å². The highest BCUT2D eigenvalue weighted by molar-refractivity contribution is 4.74. The van der Waals surface area contributed by atoms with Crippen molar-refractivity contribution in [3.8, 4) is 0 Å². The minimum atomic E-state index is 0.604.